The lowest BCUT2D eigenvalue weighted by atomic mass is 9.77. The number of para-hydroxylation sites is 1. The van der Waals surface area contributed by atoms with Crippen molar-refractivity contribution in [2.24, 2.45) is 0 Å². The Labute approximate surface area is 200 Å². The SMILES string of the molecule is Oc1ccccc1-c1ccc(Br)cc1C(O)(c1ccc(Br)cc1)c1ccc(Br)cc1. The number of aliphatic hydroxyl groups is 1. The first-order valence-corrected chi connectivity index (χ1v) is 11.6. The molecule has 2 N–H and O–H groups in total. The van der Waals surface area contributed by atoms with Crippen LogP contribution < -0.4 is 0 Å². The van der Waals surface area contributed by atoms with Crippen LogP contribution in [0.1, 0.15) is 16.7 Å². The number of phenolic OH excluding ortho intramolecular Hbond substituents is 1. The zero-order chi connectivity index (χ0) is 21.3. The summed E-state index contributed by atoms with van der Waals surface area (Å²) in [6.45, 7) is 0. The van der Waals surface area contributed by atoms with Crippen molar-refractivity contribution in [3.05, 3.63) is 121 Å². The predicted octanol–water partition coefficient (Wildman–Crippen LogP) is 7.63. The monoisotopic (exact) mass is 586 g/mol. The molecule has 0 saturated carbocycles. The van der Waals surface area contributed by atoms with Gasteiger partial charge < -0.3 is 10.2 Å². The molecule has 4 aromatic rings. The molecule has 0 aliphatic rings. The normalized spacial score (nSPS) is 11.5. The molecule has 0 amide bonds. The lowest BCUT2D eigenvalue weighted by Gasteiger charge is -2.32. The molecule has 150 valence electrons. The maximum Gasteiger partial charge on any atom is 0.141 e. The number of benzene rings is 4. The second kappa shape index (κ2) is 8.67. The van der Waals surface area contributed by atoms with E-state index >= 15 is 0 Å². The smallest absolute Gasteiger partial charge is 0.141 e. The molecule has 0 aliphatic carbocycles. The third-order valence-corrected chi connectivity index (χ3v) is 6.64. The minimum Gasteiger partial charge on any atom is -0.507 e. The standard InChI is InChI=1S/C25H17Br3O2/c26-18-9-5-16(6-10-18)25(30,17-7-11-19(27)12-8-17)23-15-20(28)13-14-21(23)22-3-1-2-4-24(22)29/h1-15,29-30H. The van der Waals surface area contributed by atoms with Gasteiger partial charge in [-0.25, -0.2) is 0 Å². The van der Waals surface area contributed by atoms with Gasteiger partial charge in [0.25, 0.3) is 0 Å². The average Bonchev–Trinajstić information content (AvgIpc) is 2.75. The summed E-state index contributed by atoms with van der Waals surface area (Å²) >= 11 is 10.5. The van der Waals surface area contributed by atoms with Gasteiger partial charge in [0, 0.05) is 24.5 Å². The van der Waals surface area contributed by atoms with E-state index in [1.54, 1.807) is 12.1 Å². The van der Waals surface area contributed by atoms with Gasteiger partial charge in [-0.1, -0.05) is 96.3 Å². The van der Waals surface area contributed by atoms with Crippen molar-refractivity contribution >= 4 is 47.8 Å². The molecule has 4 aromatic carbocycles. The molecule has 0 spiro atoms. The molecule has 0 atom stereocenters. The third-order valence-electron chi connectivity index (χ3n) is 5.09. The highest BCUT2D eigenvalue weighted by atomic mass is 79.9. The zero-order valence-electron chi connectivity index (χ0n) is 15.7. The fraction of sp³-hybridized carbons (Fsp3) is 0.0400. The van der Waals surface area contributed by atoms with E-state index in [2.05, 4.69) is 47.8 Å². The number of aromatic hydroxyl groups is 1. The fourth-order valence-corrected chi connectivity index (χ4v) is 4.50. The second-order valence-corrected chi connectivity index (χ2v) is 9.68. The van der Waals surface area contributed by atoms with Crippen molar-refractivity contribution in [2.75, 3.05) is 0 Å². The molecule has 0 fully saturated rings. The van der Waals surface area contributed by atoms with Gasteiger partial charge in [-0.15, -0.1) is 0 Å². The quantitative estimate of drug-likeness (QED) is 0.241. The Kier molecular flexibility index (Phi) is 6.16. The van der Waals surface area contributed by atoms with Crippen molar-refractivity contribution in [2.45, 2.75) is 5.60 Å². The Balaban J connectivity index is 2.06. The minimum absolute atomic E-state index is 0.162. The van der Waals surface area contributed by atoms with E-state index in [9.17, 15) is 10.2 Å². The molecule has 0 aromatic heterocycles. The Morgan fingerprint density at radius 1 is 0.567 bits per heavy atom. The van der Waals surface area contributed by atoms with Crippen LogP contribution in [0, 0.1) is 0 Å². The fourth-order valence-electron chi connectivity index (χ4n) is 3.61. The van der Waals surface area contributed by atoms with Crippen LogP contribution >= 0.6 is 47.8 Å². The summed E-state index contributed by atoms with van der Waals surface area (Å²) < 4.78 is 2.70. The molecule has 0 aliphatic heterocycles. The van der Waals surface area contributed by atoms with Gasteiger partial charge in [0.2, 0.25) is 0 Å². The van der Waals surface area contributed by atoms with Crippen LogP contribution in [0.5, 0.6) is 5.75 Å². The second-order valence-electron chi connectivity index (χ2n) is 6.93. The number of hydrogen-bond donors (Lipinski definition) is 2. The summed E-state index contributed by atoms with van der Waals surface area (Å²) in [5.41, 5.74) is 2.09. The Morgan fingerprint density at radius 3 is 1.60 bits per heavy atom. The first-order chi connectivity index (χ1) is 14.4. The predicted molar refractivity (Wildman–Crippen MR) is 132 cm³/mol. The van der Waals surface area contributed by atoms with E-state index in [0.29, 0.717) is 11.1 Å². The highest BCUT2D eigenvalue weighted by Gasteiger charge is 2.36. The maximum absolute atomic E-state index is 12.3. The average molecular weight is 589 g/mol. The van der Waals surface area contributed by atoms with Crippen molar-refractivity contribution in [3.8, 4) is 16.9 Å². The van der Waals surface area contributed by atoms with Crippen molar-refractivity contribution in [1.82, 2.24) is 0 Å². The Morgan fingerprint density at radius 2 is 1.07 bits per heavy atom. The molecule has 0 saturated heterocycles. The van der Waals surface area contributed by atoms with Gasteiger partial charge >= 0.3 is 0 Å². The highest BCUT2D eigenvalue weighted by molar-refractivity contribution is 9.11. The largest absolute Gasteiger partial charge is 0.507 e. The number of phenols is 1. The van der Waals surface area contributed by atoms with Crippen molar-refractivity contribution in [3.63, 3.8) is 0 Å². The summed E-state index contributed by atoms with van der Waals surface area (Å²) in [5.74, 6) is 0.162. The van der Waals surface area contributed by atoms with E-state index in [1.165, 1.54) is 0 Å². The Bertz CT molecular complexity index is 1140. The van der Waals surface area contributed by atoms with Gasteiger partial charge in [-0.05, 0) is 59.2 Å². The summed E-state index contributed by atoms with van der Waals surface area (Å²) in [6.07, 6.45) is 0. The summed E-state index contributed by atoms with van der Waals surface area (Å²) in [5, 5.41) is 22.9. The van der Waals surface area contributed by atoms with Crippen molar-refractivity contribution < 1.29 is 10.2 Å². The lowest BCUT2D eigenvalue weighted by molar-refractivity contribution is 0.126. The van der Waals surface area contributed by atoms with E-state index in [1.807, 2.05) is 78.9 Å². The van der Waals surface area contributed by atoms with Crippen LogP contribution in [-0.2, 0) is 5.60 Å². The molecule has 0 unspecified atom stereocenters. The van der Waals surface area contributed by atoms with E-state index in [0.717, 1.165) is 30.1 Å². The van der Waals surface area contributed by atoms with Crippen LogP contribution in [0.4, 0.5) is 0 Å². The minimum atomic E-state index is -1.44. The molecular formula is C25H17Br3O2. The van der Waals surface area contributed by atoms with Crippen LogP contribution in [0.15, 0.2) is 104 Å². The maximum atomic E-state index is 12.3. The number of halogens is 3. The molecule has 0 heterocycles. The molecule has 5 heteroatoms. The summed E-state index contributed by atoms with van der Waals surface area (Å²) in [4.78, 5) is 0. The van der Waals surface area contributed by atoms with Crippen LogP contribution in [0.2, 0.25) is 0 Å². The van der Waals surface area contributed by atoms with Crippen LogP contribution in [0.25, 0.3) is 11.1 Å². The molecule has 30 heavy (non-hydrogen) atoms. The Hall–Kier alpha value is -1.92. The zero-order valence-corrected chi connectivity index (χ0v) is 20.4. The number of hydrogen-bond acceptors (Lipinski definition) is 2. The van der Waals surface area contributed by atoms with Gasteiger partial charge in [-0.3, -0.25) is 0 Å². The molecule has 0 radical (unpaired) electrons. The van der Waals surface area contributed by atoms with Gasteiger partial charge in [0.15, 0.2) is 0 Å². The first kappa shape index (κ1) is 21.3. The molecule has 2 nitrogen and oxygen atoms in total. The molecule has 0 bridgehead atoms. The van der Waals surface area contributed by atoms with Gasteiger partial charge in [0.05, 0.1) is 0 Å². The molecule has 4 rings (SSSR count). The lowest BCUT2D eigenvalue weighted by Crippen LogP contribution is -2.29. The molecular weight excluding hydrogens is 572 g/mol. The first-order valence-electron chi connectivity index (χ1n) is 9.22. The van der Waals surface area contributed by atoms with E-state index in [-0.39, 0.29) is 5.75 Å². The highest BCUT2D eigenvalue weighted by Crippen LogP contribution is 2.44. The topological polar surface area (TPSA) is 40.5 Å². The van der Waals surface area contributed by atoms with E-state index in [4.69, 9.17) is 0 Å². The van der Waals surface area contributed by atoms with Crippen molar-refractivity contribution in [1.29, 1.82) is 0 Å². The van der Waals surface area contributed by atoms with Crippen LogP contribution in [0.3, 0.4) is 0 Å². The third kappa shape index (κ3) is 4.00. The number of rotatable bonds is 4. The summed E-state index contributed by atoms with van der Waals surface area (Å²) in [7, 11) is 0. The van der Waals surface area contributed by atoms with E-state index < -0.39 is 5.60 Å². The van der Waals surface area contributed by atoms with Gasteiger partial charge in [-0.2, -0.15) is 0 Å². The summed E-state index contributed by atoms with van der Waals surface area (Å²) in [6, 6.07) is 28.2. The van der Waals surface area contributed by atoms with Crippen LogP contribution in [-0.4, -0.2) is 10.2 Å². The van der Waals surface area contributed by atoms with Gasteiger partial charge in [0.1, 0.15) is 11.4 Å².